The van der Waals surface area contributed by atoms with Gasteiger partial charge in [0.25, 0.3) is 0 Å². The predicted molar refractivity (Wildman–Crippen MR) is 85.8 cm³/mol. The normalized spacial score (nSPS) is 15.2. The maximum absolute atomic E-state index is 8.90. The van der Waals surface area contributed by atoms with Gasteiger partial charge in [0.2, 0.25) is 0 Å². The first-order valence-corrected chi connectivity index (χ1v) is 7.05. The molecule has 0 radical (unpaired) electrons. The molecule has 0 aliphatic carbocycles. The summed E-state index contributed by atoms with van der Waals surface area (Å²) in [7, 11) is 0. The predicted octanol–water partition coefficient (Wildman–Crippen LogP) is 4.23. The van der Waals surface area contributed by atoms with E-state index in [1.165, 1.54) is 0 Å². The van der Waals surface area contributed by atoms with Crippen molar-refractivity contribution >= 4 is 28.2 Å². The molecular formula is C16H14BrN3. The van der Waals surface area contributed by atoms with Crippen molar-refractivity contribution in [3.05, 3.63) is 64.2 Å². The minimum atomic E-state index is 0.620. The molecule has 0 saturated heterocycles. The van der Waals surface area contributed by atoms with E-state index in [1.807, 2.05) is 48.2 Å². The Morgan fingerprint density at radius 1 is 1.55 bits per heavy atom. The molecule has 100 valence electrons. The smallest absolute Gasteiger partial charge is 0.117 e. The molecule has 0 amide bonds. The number of hydrogen-bond donors (Lipinski definition) is 0. The highest BCUT2D eigenvalue weighted by atomic mass is 79.9. The molecule has 20 heavy (non-hydrogen) atoms. The number of aromatic nitrogens is 2. The van der Waals surface area contributed by atoms with E-state index in [0.29, 0.717) is 5.57 Å². The molecule has 4 heteroatoms. The van der Waals surface area contributed by atoms with Crippen molar-refractivity contribution in [3.8, 4) is 6.07 Å². The van der Waals surface area contributed by atoms with Crippen molar-refractivity contribution in [1.29, 1.82) is 5.26 Å². The summed E-state index contributed by atoms with van der Waals surface area (Å²) >= 11 is 3.47. The van der Waals surface area contributed by atoms with Crippen LogP contribution in [0.25, 0.3) is 12.3 Å². The summed E-state index contributed by atoms with van der Waals surface area (Å²) < 4.78 is 3.02. The Morgan fingerprint density at radius 3 is 3.15 bits per heavy atom. The summed E-state index contributed by atoms with van der Waals surface area (Å²) in [6.07, 6.45) is 18.0. The maximum atomic E-state index is 8.90. The number of imidazole rings is 1. The zero-order valence-corrected chi connectivity index (χ0v) is 12.7. The molecule has 0 bridgehead atoms. The second kappa shape index (κ2) is 6.88. The van der Waals surface area contributed by atoms with Gasteiger partial charge in [0.1, 0.15) is 5.82 Å². The molecule has 1 aromatic heterocycles. The quantitative estimate of drug-likeness (QED) is 0.615. The fourth-order valence-corrected chi connectivity index (χ4v) is 2.22. The Hall–Kier alpha value is -2.12. The average Bonchev–Trinajstić information content (AvgIpc) is 2.71. The first-order valence-electron chi connectivity index (χ1n) is 6.25. The van der Waals surface area contributed by atoms with E-state index in [2.05, 4.69) is 33.1 Å². The van der Waals surface area contributed by atoms with Gasteiger partial charge in [0, 0.05) is 23.3 Å². The van der Waals surface area contributed by atoms with Gasteiger partial charge in [-0.15, -0.1) is 0 Å². The molecule has 0 spiro atoms. The first-order chi connectivity index (χ1) is 9.72. The van der Waals surface area contributed by atoms with Crippen LogP contribution >= 0.6 is 15.9 Å². The summed E-state index contributed by atoms with van der Waals surface area (Å²) in [4.78, 5) is 4.54. The lowest BCUT2D eigenvalue weighted by Crippen LogP contribution is -1.91. The van der Waals surface area contributed by atoms with Crippen LogP contribution in [0.4, 0.5) is 0 Å². The number of fused-ring (bicyclic) bond motifs is 1. The van der Waals surface area contributed by atoms with Gasteiger partial charge in [-0.25, -0.2) is 4.98 Å². The van der Waals surface area contributed by atoms with Crippen LogP contribution in [0.15, 0.2) is 52.7 Å². The molecule has 0 unspecified atom stereocenters. The third-order valence-electron chi connectivity index (χ3n) is 2.69. The summed E-state index contributed by atoms with van der Waals surface area (Å²) in [5.74, 6) is 0.994. The number of nitriles is 1. The fourth-order valence-electron chi connectivity index (χ4n) is 1.81. The fraction of sp³-hybridized carbons (Fsp3) is 0.125. The molecule has 0 aromatic carbocycles. The Kier molecular flexibility index (Phi) is 4.91. The highest BCUT2D eigenvalue weighted by molar-refractivity contribution is 9.12. The molecule has 1 aliphatic rings. The van der Waals surface area contributed by atoms with Crippen LogP contribution in [0.5, 0.6) is 0 Å². The molecule has 1 aromatic rings. The first kappa shape index (κ1) is 14.3. The zero-order valence-electron chi connectivity index (χ0n) is 11.1. The lowest BCUT2D eigenvalue weighted by atomic mass is 10.2. The van der Waals surface area contributed by atoms with Crippen LogP contribution in [-0.4, -0.2) is 9.55 Å². The van der Waals surface area contributed by atoms with Gasteiger partial charge in [-0.3, -0.25) is 0 Å². The van der Waals surface area contributed by atoms with Crippen molar-refractivity contribution in [1.82, 2.24) is 9.55 Å². The summed E-state index contributed by atoms with van der Waals surface area (Å²) in [5.41, 5.74) is 1.50. The molecule has 2 rings (SSSR count). The Labute approximate surface area is 127 Å². The van der Waals surface area contributed by atoms with Crippen LogP contribution < -0.4 is 0 Å². The van der Waals surface area contributed by atoms with E-state index in [4.69, 9.17) is 5.26 Å². The highest BCUT2D eigenvalue weighted by Gasteiger charge is 2.05. The topological polar surface area (TPSA) is 41.6 Å². The molecule has 0 N–H and O–H groups in total. The zero-order chi connectivity index (χ0) is 14.4. The molecule has 0 fully saturated rings. The van der Waals surface area contributed by atoms with Gasteiger partial charge < -0.3 is 4.57 Å². The van der Waals surface area contributed by atoms with Crippen molar-refractivity contribution < 1.29 is 0 Å². The number of nitrogens with zero attached hydrogens (tertiary/aromatic N) is 3. The van der Waals surface area contributed by atoms with E-state index in [9.17, 15) is 0 Å². The van der Waals surface area contributed by atoms with Gasteiger partial charge in [0.15, 0.2) is 0 Å². The SMILES string of the molecule is C\C=C/C(C#N)=C\C=C\c1cn2c(n1)CC=CC(Br)=C2. The van der Waals surface area contributed by atoms with E-state index in [1.54, 1.807) is 12.2 Å². The van der Waals surface area contributed by atoms with Crippen molar-refractivity contribution in [2.45, 2.75) is 13.3 Å². The highest BCUT2D eigenvalue weighted by Crippen LogP contribution is 2.17. The number of allylic oxidation sites excluding steroid dienone is 8. The maximum Gasteiger partial charge on any atom is 0.117 e. The minimum Gasteiger partial charge on any atom is -0.309 e. The largest absolute Gasteiger partial charge is 0.309 e. The van der Waals surface area contributed by atoms with E-state index >= 15 is 0 Å². The van der Waals surface area contributed by atoms with Crippen LogP contribution in [-0.2, 0) is 6.42 Å². The van der Waals surface area contributed by atoms with Gasteiger partial charge in [-0.1, -0.05) is 24.3 Å². The lowest BCUT2D eigenvalue weighted by molar-refractivity contribution is 0.976. The average molecular weight is 328 g/mol. The summed E-state index contributed by atoms with van der Waals surface area (Å²) in [5, 5.41) is 8.90. The molecule has 3 nitrogen and oxygen atoms in total. The Morgan fingerprint density at radius 2 is 2.40 bits per heavy atom. The molecular weight excluding hydrogens is 314 g/mol. The number of rotatable bonds is 3. The van der Waals surface area contributed by atoms with Crippen LogP contribution in [0, 0.1) is 11.3 Å². The summed E-state index contributed by atoms with van der Waals surface area (Å²) in [6, 6.07) is 2.12. The van der Waals surface area contributed by atoms with Crippen molar-refractivity contribution in [2.24, 2.45) is 0 Å². The Balaban J connectivity index is 2.19. The third-order valence-corrected chi connectivity index (χ3v) is 3.15. The lowest BCUT2D eigenvalue weighted by Gasteiger charge is -1.95. The van der Waals surface area contributed by atoms with E-state index in [0.717, 1.165) is 22.4 Å². The van der Waals surface area contributed by atoms with Crippen LogP contribution in [0.2, 0.25) is 0 Å². The van der Waals surface area contributed by atoms with Crippen molar-refractivity contribution in [3.63, 3.8) is 0 Å². The number of halogens is 1. The third kappa shape index (κ3) is 3.69. The van der Waals surface area contributed by atoms with Gasteiger partial charge >= 0.3 is 0 Å². The van der Waals surface area contributed by atoms with Gasteiger partial charge in [-0.2, -0.15) is 5.26 Å². The second-order valence-electron chi connectivity index (χ2n) is 4.20. The van der Waals surface area contributed by atoms with E-state index in [-0.39, 0.29) is 0 Å². The van der Waals surface area contributed by atoms with E-state index < -0.39 is 0 Å². The molecule has 1 aliphatic heterocycles. The minimum absolute atomic E-state index is 0.620. The molecule has 0 saturated carbocycles. The Bertz CT molecular complexity index is 679. The van der Waals surface area contributed by atoms with Crippen LogP contribution in [0.3, 0.4) is 0 Å². The van der Waals surface area contributed by atoms with Gasteiger partial charge in [-0.05, 0) is 41.1 Å². The van der Waals surface area contributed by atoms with Gasteiger partial charge in [0.05, 0.1) is 17.3 Å². The molecule has 2 heterocycles. The van der Waals surface area contributed by atoms with Crippen molar-refractivity contribution in [2.75, 3.05) is 0 Å². The monoisotopic (exact) mass is 327 g/mol. The summed E-state index contributed by atoms with van der Waals surface area (Å²) in [6.45, 7) is 1.89. The number of hydrogen-bond acceptors (Lipinski definition) is 2. The second-order valence-corrected chi connectivity index (χ2v) is 5.12. The molecule has 0 atom stereocenters. The standard InChI is InChI=1S/C16H14BrN3/c1-2-5-13(10-18)6-3-8-15-12-20-11-14(17)7-4-9-16(20)19-15/h2-8,11-12H,9H2,1H3/b5-2-,8-3+,13-6+. The van der Waals surface area contributed by atoms with Crippen LogP contribution in [0.1, 0.15) is 18.4 Å².